The van der Waals surface area contributed by atoms with E-state index in [-0.39, 0.29) is 0 Å². The Labute approximate surface area is 175 Å². The van der Waals surface area contributed by atoms with Crippen LogP contribution >= 0.6 is 0 Å². The van der Waals surface area contributed by atoms with Crippen LogP contribution in [0.5, 0.6) is 5.75 Å². The second kappa shape index (κ2) is 8.86. The molecule has 1 N–H and O–H groups in total. The van der Waals surface area contributed by atoms with E-state index in [4.69, 9.17) is 0 Å². The number of unbranched alkanes of at least 4 members (excludes halogenated alkanes) is 3. The minimum absolute atomic E-state index is 0.432. The number of phenols is 1. The molecule has 0 unspecified atom stereocenters. The number of rotatable bonds is 8. The van der Waals surface area contributed by atoms with Crippen LogP contribution in [0.15, 0.2) is 54.6 Å². The van der Waals surface area contributed by atoms with Gasteiger partial charge >= 0.3 is 0 Å². The third kappa shape index (κ3) is 3.83. The van der Waals surface area contributed by atoms with Gasteiger partial charge in [0, 0.05) is 5.56 Å². The molecule has 3 aromatic carbocycles. The monoisotopic (exact) mass is 384 g/mol. The Kier molecular flexibility index (Phi) is 6.04. The van der Waals surface area contributed by atoms with Gasteiger partial charge in [-0.3, -0.25) is 0 Å². The Bertz CT molecular complexity index is 999. The third-order valence-corrected chi connectivity index (χ3v) is 6.34. The topological polar surface area (TPSA) is 20.2 Å². The van der Waals surface area contributed by atoms with E-state index in [9.17, 15) is 5.11 Å². The highest BCUT2D eigenvalue weighted by atomic mass is 16.3. The van der Waals surface area contributed by atoms with Crippen LogP contribution < -0.4 is 0 Å². The van der Waals surface area contributed by atoms with Gasteiger partial charge in [0.25, 0.3) is 0 Å². The summed E-state index contributed by atoms with van der Waals surface area (Å²) in [6.45, 7) is 4.50. The molecule has 29 heavy (non-hydrogen) atoms. The number of aromatic hydroxyl groups is 1. The molecule has 0 radical (unpaired) electrons. The van der Waals surface area contributed by atoms with Crippen molar-refractivity contribution in [2.75, 3.05) is 0 Å². The van der Waals surface area contributed by atoms with E-state index in [1.165, 1.54) is 71.0 Å². The molecule has 0 atom stereocenters. The number of fused-ring (bicyclic) bond motifs is 3. The lowest BCUT2D eigenvalue weighted by Gasteiger charge is -2.19. The fourth-order valence-electron chi connectivity index (χ4n) is 4.81. The molecular weight excluding hydrogens is 352 g/mol. The molecule has 1 aliphatic carbocycles. The molecule has 0 fully saturated rings. The van der Waals surface area contributed by atoms with Crippen LogP contribution in [0.25, 0.3) is 22.3 Å². The summed E-state index contributed by atoms with van der Waals surface area (Å²) in [5, 5.41) is 11.0. The molecule has 0 heterocycles. The molecule has 1 aliphatic rings. The summed E-state index contributed by atoms with van der Waals surface area (Å²) in [5.74, 6) is 0.432. The average molecular weight is 385 g/mol. The summed E-state index contributed by atoms with van der Waals surface area (Å²) in [6, 6.07) is 19.4. The van der Waals surface area contributed by atoms with E-state index in [2.05, 4.69) is 62.4 Å². The summed E-state index contributed by atoms with van der Waals surface area (Å²) < 4.78 is 0. The maximum Gasteiger partial charge on any atom is 0.123 e. The first kappa shape index (κ1) is 19.8. The zero-order chi connectivity index (χ0) is 20.2. The molecular formula is C28H32O. The second-order valence-electron chi connectivity index (χ2n) is 8.32. The van der Waals surface area contributed by atoms with Gasteiger partial charge < -0.3 is 5.11 Å². The zero-order valence-corrected chi connectivity index (χ0v) is 17.8. The second-order valence-corrected chi connectivity index (χ2v) is 8.32. The van der Waals surface area contributed by atoms with Gasteiger partial charge in [-0.25, -0.2) is 0 Å². The molecule has 150 valence electrons. The van der Waals surface area contributed by atoms with Crippen molar-refractivity contribution in [2.45, 2.75) is 65.2 Å². The quantitative estimate of drug-likeness (QED) is 0.308. The van der Waals surface area contributed by atoms with Crippen molar-refractivity contribution in [1.29, 1.82) is 0 Å². The van der Waals surface area contributed by atoms with E-state index < -0.39 is 0 Å². The Hall–Kier alpha value is -2.54. The molecule has 4 rings (SSSR count). The molecule has 0 saturated carbocycles. The Morgan fingerprint density at radius 3 is 2.31 bits per heavy atom. The Balaban J connectivity index is 1.85. The Morgan fingerprint density at radius 2 is 1.48 bits per heavy atom. The van der Waals surface area contributed by atoms with Crippen molar-refractivity contribution < 1.29 is 5.11 Å². The fraction of sp³-hybridized carbons (Fsp3) is 0.357. The van der Waals surface area contributed by atoms with Gasteiger partial charge in [-0.1, -0.05) is 81.6 Å². The third-order valence-electron chi connectivity index (χ3n) is 6.34. The molecule has 0 aromatic heterocycles. The van der Waals surface area contributed by atoms with Crippen LogP contribution in [0.3, 0.4) is 0 Å². The normalized spacial score (nSPS) is 12.1. The first-order valence-electron chi connectivity index (χ1n) is 11.3. The standard InChI is InChI=1S/C28H32O/c1-3-5-7-14-23-20(11-6-4-2)17-18-27(29)28(23)25-16-10-15-24-22-13-9-8-12-21(22)19-26(24)25/h8-10,12-13,15-18,29H,3-7,11,14,19H2,1-2H3. The summed E-state index contributed by atoms with van der Waals surface area (Å²) in [5.41, 5.74) is 10.5. The van der Waals surface area contributed by atoms with Gasteiger partial charge in [-0.15, -0.1) is 0 Å². The van der Waals surface area contributed by atoms with Gasteiger partial charge in [0.2, 0.25) is 0 Å². The molecule has 0 spiro atoms. The highest BCUT2D eigenvalue weighted by Crippen LogP contribution is 2.45. The van der Waals surface area contributed by atoms with Crippen molar-refractivity contribution in [3.8, 4) is 28.0 Å². The van der Waals surface area contributed by atoms with Gasteiger partial charge in [0.15, 0.2) is 0 Å². The molecule has 0 bridgehead atoms. The first-order valence-corrected chi connectivity index (χ1v) is 11.3. The maximum atomic E-state index is 11.0. The summed E-state index contributed by atoms with van der Waals surface area (Å²) in [4.78, 5) is 0. The van der Waals surface area contributed by atoms with Gasteiger partial charge in [0.1, 0.15) is 5.75 Å². The van der Waals surface area contributed by atoms with Crippen molar-refractivity contribution >= 4 is 0 Å². The minimum atomic E-state index is 0.432. The van der Waals surface area contributed by atoms with E-state index in [0.717, 1.165) is 24.8 Å². The minimum Gasteiger partial charge on any atom is -0.507 e. The predicted molar refractivity (Wildman–Crippen MR) is 124 cm³/mol. The number of hydrogen-bond acceptors (Lipinski definition) is 1. The number of benzene rings is 3. The first-order chi connectivity index (χ1) is 14.2. The molecule has 3 aromatic rings. The van der Waals surface area contributed by atoms with Crippen LogP contribution in [0.1, 0.15) is 68.2 Å². The van der Waals surface area contributed by atoms with Crippen molar-refractivity contribution in [3.63, 3.8) is 0 Å². The van der Waals surface area contributed by atoms with E-state index >= 15 is 0 Å². The van der Waals surface area contributed by atoms with Crippen LogP contribution in [0.4, 0.5) is 0 Å². The lowest BCUT2D eigenvalue weighted by Crippen LogP contribution is -2.01. The lowest BCUT2D eigenvalue weighted by atomic mass is 9.86. The molecule has 1 nitrogen and oxygen atoms in total. The smallest absolute Gasteiger partial charge is 0.123 e. The van der Waals surface area contributed by atoms with Crippen LogP contribution in [0.2, 0.25) is 0 Å². The predicted octanol–water partition coefficient (Wildman–Crippen LogP) is 7.71. The number of phenolic OH excluding ortho intramolecular Hbond substituents is 1. The average Bonchev–Trinajstić information content (AvgIpc) is 3.12. The molecule has 0 aliphatic heterocycles. The zero-order valence-electron chi connectivity index (χ0n) is 17.8. The Morgan fingerprint density at radius 1 is 0.724 bits per heavy atom. The van der Waals surface area contributed by atoms with Crippen molar-refractivity contribution in [3.05, 3.63) is 76.9 Å². The number of hydrogen-bond donors (Lipinski definition) is 1. The largest absolute Gasteiger partial charge is 0.507 e. The SMILES string of the molecule is CCCCCc1c(CCCC)ccc(O)c1-c1cccc2c1Cc1ccccc1-2. The highest BCUT2D eigenvalue weighted by Gasteiger charge is 2.24. The summed E-state index contributed by atoms with van der Waals surface area (Å²) in [7, 11) is 0. The van der Waals surface area contributed by atoms with E-state index in [1.54, 1.807) is 0 Å². The molecule has 1 heteroatoms. The molecule has 0 amide bonds. The van der Waals surface area contributed by atoms with Crippen LogP contribution in [-0.4, -0.2) is 5.11 Å². The van der Waals surface area contributed by atoms with E-state index in [1.807, 2.05) is 6.07 Å². The van der Waals surface area contributed by atoms with Crippen molar-refractivity contribution in [1.82, 2.24) is 0 Å². The van der Waals surface area contributed by atoms with Crippen LogP contribution in [0, 0.1) is 0 Å². The maximum absolute atomic E-state index is 11.0. The summed E-state index contributed by atoms with van der Waals surface area (Å²) in [6.07, 6.45) is 9.13. The van der Waals surface area contributed by atoms with Gasteiger partial charge in [0.05, 0.1) is 0 Å². The highest BCUT2D eigenvalue weighted by molar-refractivity contribution is 5.87. The fourth-order valence-corrected chi connectivity index (χ4v) is 4.81. The van der Waals surface area contributed by atoms with Crippen molar-refractivity contribution in [2.24, 2.45) is 0 Å². The molecule has 0 saturated heterocycles. The van der Waals surface area contributed by atoms with Gasteiger partial charge in [-0.05, 0) is 77.1 Å². The summed E-state index contributed by atoms with van der Waals surface area (Å²) >= 11 is 0. The van der Waals surface area contributed by atoms with E-state index in [0.29, 0.717) is 5.75 Å². The lowest BCUT2D eigenvalue weighted by molar-refractivity contribution is 0.476. The van der Waals surface area contributed by atoms with Gasteiger partial charge in [-0.2, -0.15) is 0 Å². The van der Waals surface area contributed by atoms with Crippen LogP contribution in [-0.2, 0) is 19.3 Å². The number of aryl methyl sites for hydroxylation is 1.